The van der Waals surface area contributed by atoms with Crippen molar-refractivity contribution in [2.45, 2.75) is 50.7 Å². The molecule has 0 bridgehead atoms. The summed E-state index contributed by atoms with van der Waals surface area (Å²) in [6.07, 6.45) is 2.90. The van der Waals surface area contributed by atoms with Gasteiger partial charge < -0.3 is 10.2 Å². The molecular formula is C15H21NO2. The summed E-state index contributed by atoms with van der Waals surface area (Å²) in [6, 6.07) is 12.2. The fraction of sp³-hybridized carbons (Fsp3) is 0.533. The van der Waals surface area contributed by atoms with Crippen molar-refractivity contribution < 1.29 is 10.2 Å². The number of aliphatic hydroxyl groups excluding tert-OH is 2. The summed E-state index contributed by atoms with van der Waals surface area (Å²) in [4.78, 5) is 0. The van der Waals surface area contributed by atoms with Crippen LogP contribution in [-0.4, -0.2) is 22.4 Å². The zero-order valence-corrected chi connectivity index (χ0v) is 10.6. The number of nitriles is 1. The first kappa shape index (κ1) is 14.7. The fourth-order valence-corrected chi connectivity index (χ4v) is 1.97. The Hall–Kier alpha value is -1.37. The molecule has 18 heavy (non-hydrogen) atoms. The maximum Gasteiger partial charge on any atom is 0.0694 e. The molecule has 0 saturated heterocycles. The summed E-state index contributed by atoms with van der Waals surface area (Å²) in [5, 5.41) is 27.4. The van der Waals surface area contributed by atoms with Gasteiger partial charge in [-0.15, -0.1) is 0 Å². The van der Waals surface area contributed by atoms with Crippen LogP contribution in [0.25, 0.3) is 0 Å². The number of nitrogens with zero attached hydrogens (tertiary/aromatic N) is 1. The number of hydrogen-bond donors (Lipinski definition) is 2. The zero-order chi connectivity index (χ0) is 13.2. The van der Waals surface area contributed by atoms with Gasteiger partial charge in [0.05, 0.1) is 24.7 Å². The minimum Gasteiger partial charge on any atom is -0.393 e. The zero-order valence-electron chi connectivity index (χ0n) is 10.6. The second-order valence-electron chi connectivity index (χ2n) is 4.64. The molecule has 0 aromatic heterocycles. The van der Waals surface area contributed by atoms with Gasteiger partial charge in [-0.1, -0.05) is 36.8 Å². The summed E-state index contributed by atoms with van der Waals surface area (Å²) < 4.78 is 0. The van der Waals surface area contributed by atoms with Gasteiger partial charge in [0.15, 0.2) is 0 Å². The van der Waals surface area contributed by atoms with Crippen LogP contribution in [0.4, 0.5) is 0 Å². The topological polar surface area (TPSA) is 64.2 Å². The van der Waals surface area contributed by atoms with E-state index in [1.165, 1.54) is 5.56 Å². The molecule has 0 aliphatic heterocycles. The van der Waals surface area contributed by atoms with Crippen molar-refractivity contribution in [3.05, 3.63) is 35.9 Å². The normalized spacial score (nSPS) is 13.8. The largest absolute Gasteiger partial charge is 0.393 e. The Labute approximate surface area is 109 Å². The SMILES string of the molecule is N#CC[C@H](O)C[C@H](O)CCCCc1ccccc1. The van der Waals surface area contributed by atoms with E-state index in [4.69, 9.17) is 5.26 Å². The minimum absolute atomic E-state index is 0.0983. The summed E-state index contributed by atoms with van der Waals surface area (Å²) in [5.41, 5.74) is 1.32. The molecule has 0 aliphatic rings. The minimum atomic E-state index is -0.695. The molecule has 1 rings (SSSR count). The highest BCUT2D eigenvalue weighted by Gasteiger charge is 2.11. The van der Waals surface area contributed by atoms with Crippen LogP contribution in [0.2, 0.25) is 0 Å². The predicted octanol–water partition coefficient (Wildman–Crippen LogP) is 2.42. The summed E-state index contributed by atoms with van der Waals surface area (Å²) in [6.45, 7) is 0. The van der Waals surface area contributed by atoms with Crippen LogP contribution in [0, 0.1) is 11.3 Å². The lowest BCUT2D eigenvalue weighted by atomic mass is 10.0. The van der Waals surface area contributed by atoms with Crippen LogP contribution in [0.15, 0.2) is 30.3 Å². The molecule has 2 atom stereocenters. The van der Waals surface area contributed by atoms with E-state index in [1.807, 2.05) is 24.3 Å². The third kappa shape index (κ3) is 6.39. The lowest BCUT2D eigenvalue weighted by Crippen LogP contribution is -2.17. The van der Waals surface area contributed by atoms with Crippen LogP contribution in [0.1, 0.15) is 37.7 Å². The molecule has 1 aromatic rings. The molecule has 0 radical (unpaired) electrons. The van der Waals surface area contributed by atoms with E-state index in [1.54, 1.807) is 0 Å². The van der Waals surface area contributed by atoms with Crippen LogP contribution < -0.4 is 0 Å². The molecule has 2 N–H and O–H groups in total. The smallest absolute Gasteiger partial charge is 0.0694 e. The van der Waals surface area contributed by atoms with E-state index >= 15 is 0 Å². The highest BCUT2D eigenvalue weighted by Crippen LogP contribution is 2.11. The highest BCUT2D eigenvalue weighted by molar-refractivity contribution is 5.14. The van der Waals surface area contributed by atoms with Crippen LogP contribution in [0.3, 0.4) is 0 Å². The van der Waals surface area contributed by atoms with E-state index in [0.29, 0.717) is 12.8 Å². The third-order valence-electron chi connectivity index (χ3n) is 2.97. The molecule has 0 heterocycles. The van der Waals surface area contributed by atoms with Crippen molar-refractivity contribution in [2.75, 3.05) is 0 Å². The summed E-state index contributed by atoms with van der Waals surface area (Å²) >= 11 is 0. The fourth-order valence-electron chi connectivity index (χ4n) is 1.97. The molecule has 3 heteroatoms. The van der Waals surface area contributed by atoms with Crippen LogP contribution >= 0.6 is 0 Å². The van der Waals surface area contributed by atoms with Gasteiger partial charge >= 0.3 is 0 Å². The Balaban J connectivity index is 2.09. The van der Waals surface area contributed by atoms with E-state index in [9.17, 15) is 10.2 Å². The monoisotopic (exact) mass is 247 g/mol. The lowest BCUT2D eigenvalue weighted by molar-refractivity contribution is 0.0766. The standard InChI is InChI=1S/C15H21NO2/c16-11-10-15(18)12-14(17)9-5-4-8-13-6-2-1-3-7-13/h1-3,6-7,14-15,17-18H,4-5,8-10,12H2/t14-,15+/m1/s1. The molecule has 0 aliphatic carbocycles. The summed E-state index contributed by atoms with van der Waals surface area (Å²) in [5.74, 6) is 0. The van der Waals surface area contributed by atoms with Crippen LogP contribution in [0.5, 0.6) is 0 Å². The third-order valence-corrected chi connectivity index (χ3v) is 2.97. The highest BCUT2D eigenvalue weighted by atomic mass is 16.3. The summed E-state index contributed by atoms with van der Waals surface area (Å²) in [7, 11) is 0. The van der Waals surface area contributed by atoms with Gasteiger partial charge in [-0.25, -0.2) is 0 Å². The number of rotatable bonds is 8. The second kappa shape index (κ2) is 8.68. The number of aryl methyl sites for hydroxylation is 1. The maximum absolute atomic E-state index is 9.67. The quantitative estimate of drug-likeness (QED) is 0.693. The van der Waals surface area contributed by atoms with Gasteiger partial charge in [-0.05, 0) is 24.8 Å². The number of unbranched alkanes of at least 4 members (excludes halogenated alkanes) is 1. The second-order valence-corrected chi connectivity index (χ2v) is 4.64. The average Bonchev–Trinajstić information content (AvgIpc) is 2.36. The number of hydrogen-bond acceptors (Lipinski definition) is 3. The van der Waals surface area contributed by atoms with Gasteiger partial charge in [-0.3, -0.25) is 0 Å². The Kier molecular flexibility index (Phi) is 7.09. The predicted molar refractivity (Wildman–Crippen MR) is 70.9 cm³/mol. The van der Waals surface area contributed by atoms with Crippen molar-refractivity contribution >= 4 is 0 Å². The van der Waals surface area contributed by atoms with Gasteiger partial charge in [-0.2, -0.15) is 5.26 Å². The first-order valence-electron chi connectivity index (χ1n) is 6.49. The van der Waals surface area contributed by atoms with E-state index < -0.39 is 12.2 Å². The van der Waals surface area contributed by atoms with Crippen molar-refractivity contribution in [1.82, 2.24) is 0 Å². The Morgan fingerprint density at radius 1 is 1.06 bits per heavy atom. The van der Waals surface area contributed by atoms with E-state index in [0.717, 1.165) is 19.3 Å². The molecule has 0 unspecified atom stereocenters. The number of benzene rings is 1. The molecule has 0 saturated carbocycles. The van der Waals surface area contributed by atoms with Gasteiger partial charge in [0.1, 0.15) is 0 Å². The number of aliphatic hydroxyl groups is 2. The van der Waals surface area contributed by atoms with Crippen molar-refractivity contribution in [1.29, 1.82) is 5.26 Å². The van der Waals surface area contributed by atoms with Gasteiger partial charge in [0.25, 0.3) is 0 Å². The Morgan fingerprint density at radius 2 is 1.78 bits per heavy atom. The Bertz CT molecular complexity index is 359. The molecule has 98 valence electrons. The first-order valence-corrected chi connectivity index (χ1v) is 6.49. The van der Waals surface area contributed by atoms with E-state index in [-0.39, 0.29) is 6.42 Å². The molecule has 3 nitrogen and oxygen atoms in total. The molecule has 1 aromatic carbocycles. The lowest BCUT2D eigenvalue weighted by Gasteiger charge is -2.13. The molecule has 0 fully saturated rings. The Morgan fingerprint density at radius 3 is 2.44 bits per heavy atom. The maximum atomic E-state index is 9.67. The molecule has 0 amide bonds. The van der Waals surface area contributed by atoms with Crippen molar-refractivity contribution in [3.8, 4) is 6.07 Å². The van der Waals surface area contributed by atoms with Gasteiger partial charge in [0.2, 0.25) is 0 Å². The van der Waals surface area contributed by atoms with Crippen molar-refractivity contribution in [3.63, 3.8) is 0 Å². The van der Waals surface area contributed by atoms with Crippen LogP contribution in [-0.2, 0) is 6.42 Å². The first-order chi connectivity index (χ1) is 8.72. The van der Waals surface area contributed by atoms with Crippen molar-refractivity contribution in [2.24, 2.45) is 0 Å². The van der Waals surface area contributed by atoms with E-state index in [2.05, 4.69) is 12.1 Å². The van der Waals surface area contributed by atoms with Gasteiger partial charge in [0, 0.05) is 6.42 Å². The molecule has 0 spiro atoms. The average molecular weight is 247 g/mol. The molecular weight excluding hydrogens is 226 g/mol.